The Labute approximate surface area is 118 Å². The molecule has 0 saturated carbocycles. The smallest absolute Gasteiger partial charge is 0.243 e. The average molecular weight is 302 g/mol. The van der Waals surface area contributed by atoms with Crippen LogP contribution in [0.5, 0.6) is 0 Å². The third-order valence-electron chi connectivity index (χ3n) is 3.30. The van der Waals surface area contributed by atoms with E-state index in [1.807, 2.05) is 13.8 Å². The average Bonchev–Trinajstić information content (AvgIpc) is 2.32. The van der Waals surface area contributed by atoms with Crippen LogP contribution in [-0.4, -0.2) is 38.0 Å². The Morgan fingerprint density at radius 3 is 2.40 bits per heavy atom. The van der Waals surface area contributed by atoms with Crippen LogP contribution in [0.2, 0.25) is 0 Å². The van der Waals surface area contributed by atoms with Gasteiger partial charge in [-0.3, -0.25) is 0 Å². The van der Waals surface area contributed by atoms with Crippen LogP contribution < -0.4 is 5.73 Å². The molecule has 2 rings (SSSR count). The zero-order valence-corrected chi connectivity index (χ0v) is 12.6. The lowest BCUT2D eigenvalue weighted by atomic mass is 10.2. The maximum Gasteiger partial charge on any atom is 0.243 e. The topological polar surface area (TPSA) is 72.6 Å². The van der Waals surface area contributed by atoms with E-state index in [9.17, 15) is 12.8 Å². The molecule has 2 atom stereocenters. The molecular formula is C13H19FN2O3S. The fourth-order valence-corrected chi connectivity index (χ4v) is 4.24. The van der Waals surface area contributed by atoms with Gasteiger partial charge in [0.25, 0.3) is 0 Å². The van der Waals surface area contributed by atoms with E-state index in [0.29, 0.717) is 5.56 Å². The second-order valence-corrected chi connectivity index (χ2v) is 7.12. The van der Waals surface area contributed by atoms with Gasteiger partial charge in [-0.1, -0.05) is 0 Å². The zero-order chi connectivity index (χ0) is 15.1. The summed E-state index contributed by atoms with van der Waals surface area (Å²) in [4.78, 5) is 0.0534. The molecule has 1 heterocycles. The number of rotatable bonds is 2. The van der Waals surface area contributed by atoms with Gasteiger partial charge in [-0.05, 0) is 38.5 Å². The van der Waals surface area contributed by atoms with Gasteiger partial charge in [-0.15, -0.1) is 0 Å². The number of halogens is 1. The second-order valence-electron chi connectivity index (χ2n) is 5.22. The summed E-state index contributed by atoms with van der Waals surface area (Å²) >= 11 is 0. The van der Waals surface area contributed by atoms with Gasteiger partial charge in [0.1, 0.15) is 5.82 Å². The molecule has 1 aliphatic heterocycles. The highest BCUT2D eigenvalue weighted by Gasteiger charge is 2.33. The summed E-state index contributed by atoms with van der Waals surface area (Å²) in [6.45, 7) is 5.77. The lowest BCUT2D eigenvalue weighted by molar-refractivity contribution is -0.0440. The molecule has 0 radical (unpaired) electrons. The predicted octanol–water partition coefficient (Wildman–Crippen LogP) is 1.51. The number of aryl methyl sites for hydroxylation is 1. The Bertz CT molecular complexity index is 608. The molecule has 0 aliphatic carbocycles. The number of benzene rings is 1. The van der Waals surface area contributed by atoms with Crippen molar-refractivity contribution in [2.75, 3.05) is 18.8 Å². The summed E-state index contributed by atoms with van der Waals surface area (Å²) in [6, 6.07) is 2.33. The lowest BCUT2D eigenvalue weighted by Gasteiger charge is -2.34. The fraction of sp³-hybridized carbons (Fsp3) is 0.538. The second kappa shape index (κ2) is 5.31. The molecule has 1 saturated heterocycles. The normalized spacial score (nSPS) is 24.8. The van der Waals surface area contributed by atoms with E-state index in [1.54, 1.807) is 6.92 Å². The lowest BCUT2D eigenvalue weighted by Crippen LogP contribution is -2.48. The standard InChI is InChI=1S/C13H19FN2O3S/c1-8-4-11(14)12(15)5-13(8)20(17,18)16-6-9(2)19-10(3)7-16/h4-5,9-10H,6-7,15H2,1-3H3. The van der Waals surface area contributed by atoms with Gasteiger partial charge in [0, 0.05) is 13.1 Å². The summed E-state index contributed by atoms with van der Waals surface area (Å²) in [5, 5.41) is 0. The Kier molecular flexibility index (Phi) is 4.04. The number of nitrogens with zero attached hydrogens (tertiary/aromatic N) is 1. The number of morpholine rings is 1. The van der Waals surface area contributed by atoms with Crippen molar-refractivity contribution in [2.45, 2.75) is 37.9 Å². The number of ether oxygens (including phenoxy) is 1. The van der Waals surface area contributed by atoms with Crippen molar-refractivity contribution in [1.29, 1.82) is 0 Å². The minimum absolute atomic E-state index is 0.0534. The summed E-state index contributed by atoms with van der Waals surface area (Å²) in [5.41, 5.74) is 5.67. The maximum atomic E-state index is 13.4. The Morgan fingerprint density at radius 2 is 1.85 bits per heavy atom. The fourth-order valence-electron chi connectivity index (χ4n) is 2.41. The van der Waals surface area contributed by atoms with Crippen molar-refractivity contribution < 1.29 is 17.5 Å². The molecule has 0 bridgehead atoms. The summed E-state index contributed by atoms with van der Waals surface area (Å²) in [7, 11) is -3.69. The van der Waals surface area contributed by atoms with Crippen molar-refractivity contribution in [3.8, 4) is 0 Å². The number of hydrogen-bond donors (Lipinski definition) is 1. The minimum atomic E-state index is -3.69. The molecule has 112 valence electrons. The first-order valence-electron chi connectivity index (χ1n) is 6.43. The van der Waals surface area contributed by atoms with E-state index < -0.39 is 15.8 Å². The quantitative estimate of drug-likeness (QED) is 0.841. The first-order chi connectivity index (χ1) is 9.21. The van der Waals surface area contributed by atoms with Crippen molar-refractivity contribution in [2.24, 2.45) is 0 Å². The van der Waals surface area contributed by atoms with Crippen LogP contribution in [-0.2, 0) is 14.8 Å². The van der Waals surface area contributed by atoms with Crippen LogP contribution in [0, 0.1) is 12.7 Å². The Balaban J connectivity index is 2.42. The molecule has 1 fully saturated rings. The van der Waals surface area contributed by atoms with Gasteiger partial charge in [0.2, 0.25) is 10.0 Å². The SMILES string of the molecule is Cc1cc(F)c(N)cc1S(=O)(=O)N1CC(C)OC(C)C1. The van der Waals surface area contributed by atoms with Crippen molar-refractivity contribution in [3.63, 3.8) is 0 Å². The highest BCUT2D eigenvalue weighted by atomic mass is 32.2. The molecule has 7 heteroatoms. The minimum Gasteiger partial charge on any atom is -0.396 e. The van der Waals surface area contributed by atoms with E-state index in [4.69, 9.17) is 10.5 Å². The summed E-state index contributed by atoms with van der Waals surface area (Å²) in [5.74, 6) is -0.606. The third-order valence-corrected chi connectivity index (χ3v) is 5.27. The molecule has 1 aromatic rings. The molecule has 0 spiro atoms. The largest absolute Gasteiger partial charge is 0.396 e. The predicted molar refractivity (Wildman–Crippen MR) is 74.3 cm³/mol. The number of anilines is 1. The summed E-state index contributed by atoms with van der Waals surface area (Å²) < 4.78 is 45.6. The molecule has 0 aromatic heterocycles. The Hall–Kier alpha value is -1.18. The van der Waals surface area contributed by atoms with E-state index in [0.717, 1.165) is 6.07 Å². The molecule has 1 aliphatic rings. The molecule has 2 N–H and O–H groups in total. The van der Waals surface area contributed by atoms with Gasteiger partial charge in [0.05, 0.1) is 22.8 Å². The van der Waals surface area contributed by atoms with Gasteiger partial charge >= 0.3 is 0 Å². The van der Waals surface area contributed by atoms with E-state index in [1.165, 1.54) is 10.4 Å². The molecular weight excluding hydrogens is 283 g/mol. The van der Waals surface area contributed by atoms with Gasteiger partial charge in [-0.25, -0.2) is 12.8 Å². The third kappa shape index (κ3) is 2.79. The summed E-state index contributed by atoms with van der Waals surface area (Å²) in [6.07, 6.45) is -0.349. The van der Waals surface area contributed by atoms with Crippen molar-refractivity contribution in [3.05, 3.63) is 23.5 Å². The highest BCUT2D eigenvalue weighted by Crippen LogP contribution is 2.26. The number of nitrogens with two attached hydrogens (primary N) is 1. The van der Waals surface area contributed by atoms with Crippen LogP contribution in [0.1, 0.15) is 19.4 Å². The van der Waals surface area contributed by atoms with Gasteiger partial charge in [0.15, 0.2) is 0 Å². The monoisotopic (exact) mass is 302 g/mol. The first-order valence-corrected chi connectivity index (χ1v) is 7.87. The van der Waals surface area contributed by atoms with Crippen LogP contribution in [0.25, 0.3) is 0 Å². The van der Waals surface area contributed by atoms with Crippen molar-refractivity contribution >= 4 is 15.7 Å². The molecule has 1 aromatic carbocycles. The van der Waals surface area contributed by atoms with E-state index in [-0.39, 0.29) is 35.9 Å². The van der Waals surface area contributed by atoms with E-state index in [2.05, 4.69) is 0 Å². The molecule has 0 amide bonds. The molecule has 20 heavy (non-hydrogen) atoms. The number of sulfonamides is 1. The molecule has 2 unspecified atom stereocenters. The maximum absolute atomic E-state index is 13.4. The van der Waals surface area contributed by atoms with Gasteiger partial charge < -0.3 is 10.5 Å². The van der Waals surface area contributed by atoms with E-state index >= 15 is 0 Å². The first kappa shape index (κ1) is 15.2. The highest BCUT2D eigenvalue weighted by molar-refractivity contribution is 7.89. The van der Waals surface area contributed by atoms with Crippen LogP contribution in [0.4, 0.5) is 10.1 Å². The number of hydrogen-bond acceptors (Lipinski definition) is 4. The van der Waals surface area contributed by atoms with Crippen molar-refractivity contribution in [1.82, 2.24) is 4.31 Å². The van der Waals surface area contributed by atoms with Crippen LogP contribution in [0.3, 0.4) is 0 Å². The van der Waals surface area contributed by atoms with Gasteiger partial charge in [-0.2, -0.15) is 4.31 Å². The van der Waals surface area contributed by atoms with Crippen LogP contribution >= 0.6 is 0 Å². The number of nitrogen functional groups attached to an aromatic ring is 1. The van der Waals surface area contributed by atoms with Crippen LogP contribution in [0.15, 0.2) is 17.0 Å². The zero-order valence-electron chi connectivity index (χ0n) is 11.8. The molecule has 5 nitrogen and oxygen atoms in total. The Morgan fingerprint density at radius 1 is 1.30 bits per heavy atom.